The molecule has 0 aliphatic heterocycles. The summed E-state index contributed by atoms with van der Waals surface area (Å²) in [5, 5.41) is 36.5. The molecule has 0 saturated heterocycles. The fourth-order valence-corrected chi connectivity index (χ4v) is 8.03. The Morgan fingerprint density at radius 2 is 1.56 bits per heavy atom. The second-order valence-electron chi connectivity index (χ2n) is 13.7. The number of amides is 3. The molecule has 1 aromatic carbocycles. The maximum Gasteiger partial charge on any atom is 0.409 e. The van der Waals surface area contributed by atoms with Gasteiger partial charge in [0.2, 0.25) is 11.9 Å². The number of rotatable bonds is 30. The minimum absolute atomic E-state index is 0.00231. The molecule has 3 unspecified atom stereocenters. The smallest absolute Gasteiger partial charge is 0.409 e. The summed E-state index contributed by atoms with van der Waals surface area (Å²) in [6.07, 6.45) is -2.06. The van der Waals surface area contributed by atoms with E-state index in [-0.39, 0.29) is 85.7 Å². The third-order valence-electron chi connectivity index (χ3n) is 8.95. The van der Waals surface area contributed by atoms with Gasteiger partial charge in [-0.3, -0.25) is 38.5 Å². The number of carbonyl (C=O) groups excluding carboxylic acids is 5. The molecular formula is C38H47Cl2N9O13S2. The van der Waals surface area contributed by atoms with Crippen LogP contribution in [0.4, 0.5) is 16.4 Å². The maximum atomic E-state index is 12.9. The zero-order chi connectivity index (χ0) is 47.2. The van der Waals surface area contributed by atoms with Crippen LogP contribution < -0.4 is 27.2 Å². The predicted molar refractivity (Wildman–Crippen MR) is 237 cm³/mol. The molecule has 0 saturated carbocycles. The van der Waals surface area contributed by atoms with Crippen LogP contribution in [0.15, 0.2) is 35.3 Å². The van der Waals surface area contributed by atoms with Crippen LogP contribution in [0.2, 0.25) is 0 Å². The monoisotopic (exact) mass is 971 g/mol. The van der Waals surface area contributed by atoms with E-state index in [1.54, 1.807) is 12.1 Å². The topological polar surface area (TPSA) is 343 Å². The van der Waals surface area contributed by atoms with E-state index < -0.39 is 96.6 Å². The Labute approximate surface area is 382 Å². The van der Waals surface area contributed by atoms with Gasteiger partial charge in [-0.2, -0.15) is 4.98 Å². The number of carboxylic acids is 3. The number of H-pyrrole nitrogens is 1. The highest BCUT2D eigenvalue weighted by molar-refractivity contribution is 8.76. The summed E-state index contributed by atoms with van der Waals surface area (Å²) in [4.78, 5) is 127. The van der Waals surface area contributed by atoms with E-state index in [4.69, 9.17) is 38.8 Å². The average Bonchev–Trinajstić information content (AvgIpc) is 3.25. The van der Waals surface area contributed by atoms with Crippen LogP contribution in [0.3, 0.4) is 0 Å². The molecule has 3 amide bonds. The SMILES string of the molecule is Nc1nc2ncc(CNc3ccc(C(=O)NC(CCC(=O)CC(CCC(=O)NC(CSSCCOC(=O)N(CCCl)CCCl)C(=O)CCC(=O)O)C(=O)O)C(=O)O)cc3)nc2c(=O)[nH]1. The van der Waals surface area contributed by atoms with Crippen LogP contribution in [0.5, 0.6) is 0 Å². The van der Waals surface area contributed by atoms with Crippen molar-refractivity contribution in [2.24, 2.45) is 5.92 Å². The van der Waals surface area contributed by atoms with Gasteiger partial charge in [-0.25, -0.2) is 19.6 Å². The first-order valence-corrected chi connectivity index (χ1v) is 23.0. The minimum atomic E-state index is -1.50. The Bertz CT molecular complexity index is 2180. The standard InChI is InChI=1S/C38H47Cl2N9O13S2/c39-11-13-49(14-12-40)38(61)62-15-16-63-64-20-27(28(51)8-10-30(53)54)45-29(52)9-3-22(35(57)58)17-25(50)6-7-26(36(59)60)46-33(55)21-1-4-23(5-2-21)42-18-24-19-43-32-31(44-24)34(56)48-37(41)47-32/h1-2,4-5,19,22,26-27,42H,3,6-18,20H2,(H,45,52)(H,46,55)(H,53,54)(H,57,58)(H,59,60)(H3,41,43,47,48,56). The van der Waals surface area contributed by atoms with Crippen LogP contribution in [-0.4, -0.2) is 143 Å². The van der Waals surface area contributed by atoms with Crippen LogP contribution in [0.1, 0.15) is 61.0 Å². The second kappa shape index (κ2) is 27.5. The first kappa shape index (κ1) is 52.6. The molecule has 348 valence electrons. The van der Waals surface area contributed by atoms with E-state index in [1.165, 1.54) is 34.0 Å². The summed E-state index contributed by atoms with van der Waals surface area (Å²) in [7, 11) is 2.39. The summed E-state index contributed by atoms with van der Waals surface area (Å²) in [6.45, 7) is 0.669. The number of hydrogen-bond acceptors (Lipinski definition) is 17. The highest BCUT2D eigenvalue weighted by Crippen LogP contribution is 2.23. The Morgan fingerprint density at radius 1 is 0.859 bits per heavy atom. The molecule has 2 aromatic heterocycles. The number of alkyl halides is 2. The normalized spacial score (nSPS) is 12.3. The van der Waals surface area contributed by atoms with Gasteiger partial charge in [0, 0.05) is 73.3 Å². The highest BCUT2D eigenvalue weighted by Gasteiger charge is 2.27. The molecule has 0 fully saturated rings. The van der Waals surface area contributed by atoms with Crippen molar-refractivity contribution in [1.82, 2.24) is 35.5 Å². The van der Waals surface area contributed by atoms with Crippen LogP contribution in [0.25, 0.3) is 11.2 Å². The summed E-state index contributed by atoms with van der Waals surface area (Å²) in [6, 6.07) is 3.33. The van der Waals surface area contributed by atoms with E-state index in [0.29, 0.717) is 17.1 Å². The largest absolute Gasteiger partial charge is 0.481 e. The molecule has 0 aliphatic rings. The number of aromatic nitrogens is 4. The van der Waals surface area contributed by atoms with Crippen molar-refractivity contribution in [3.8, 4) is 0 Å². The zero-order valence-electron chi connectivity index (χ0n) is 34.1. The molecule has 3 aromatic rings. The number of ketones is 2. The van der Waals surface area contributed by atoms with Crippen LogP contribution >= 0.6 is 44.8 Å². The van der Waals surface area contributed by atoms with Crippen molar-refractivity contribution < 1.29 is 58.4 Å². The summed E-state index contributed by atoms with van der Waals surface area (Å²) >= 11 is 11.4. The first-order chi connectivity index (χ1) is 30.5. The molecule has 26 heteroatoms. The van der Waals surface area contributed by atoms with Gasteiger partial charge in [-0.1, -0.05) is 21.6 Å². The lowest BCUT2D eigenvalue weighted by Crippen LogP contribution is -2.43. The van der Waals surface area contributed by atoms with Crippen LogP contribution in [0, 0.1) is 5.92 Å². The number of carboxylic acid groups (broad SMARTS) is 3. The third-order valence-corrected chi connectivity index (χ3v) is 11.7. The van der Waals surface area contributed by atoms with E-state index in [0.717, 1.165) is 10.8 Å². The van der Waals surface area contributed by atoms with Crippen molar-refractivity contribution in [3.05, 3.63) is 52.1 Å². The number of carbonyl (C=O) groups is 8. The van der Waals surface area contributed by atoms with Crippen molar-refractivity contribution in [3.63, 3.8) is 0 Å². The second-order valence-corrected chi connectivity index (χ2v) is 17.1. The number of halogens is 2. The van der Waals surface area contributed by atoms with Gasteiger partial charge in [-0.15, -0.1) is 23.2 Å². The number of nitrogens with one attached hydrogen (secondary N) is 4. The van der Waals surface area contributed by atoms with Gasteiger partial charge >= 0.3 is 24.0 Å². The lowest BCUT2D eigenvalue weighted by molar-refractivity contribution is -0.144. The molecule has 9 N–H and O–H groups in total. The fraction of sp³-hybridized carbons (Fsp3) is 0.474. The Morgan fingerprint density at radius 3 is 2.20 bits per heavy atom. The number of ether oxygens (including phenoxy) is 1. The number of aromatic amines is 1. The van der Waals surface area contributed by atoms with Gasteiger partial charge in [-0.05, 0) is 37.1 Å². The minimum Gasteiger partial charge on any atom is -0.481 e. The molecule has 0 radical (unpaired) electrons. The summed E-state index contributed by atoms with van der Waals surface area (Å²) < 4.78 is 5.20. The van der Waals surface area contributed by atoms with Crippen molar-refractivity contribution >= 4 is 115 Å². The molecule has 0 bridgehead atoms. The molecule has 2 heterocycles. The Balaban J connectivity index is 1.47. The van der Waals surface area contributed by atoms with E-state index >= 15 is 0 Å². The number of fused-ring (bicyclic) bond motifs is 1. The maximum absolute atomic E-state index is 12.9. The van der Waals surface area contributed by atoms with E-state index in [2.05, 4.69) is 35.9 Å². The molecule has 22 nitrogen and oxygen atoms in total. The lowest BCUT2D eigenvalue weighted by atomic mass is 9.94. The summed E-state index contributed by atoms with van der Waals surface area (Å²) in [5.74, 6) is -7.42. The average molecular weight is 973 g/mol. The zero-order valence-corrected chi connectivity index (χ0v) is 37.2. The number of hydrogen-bond donors (Lipinski definition) is 8. The highest BCUT2D eigenvalue weighted by atomic mass is 35.5. The van der Waals surface area contributed by atoms with Crippen molar-refractivity contribution in [1.29, 1.82) is 0 Å². The first-order valence-electron chi connectivity index (χ1n) is 19.5. The van der Waals surface area contributed by atoms with Crippen molar-refractivity contribution in [2.45, 2.75) is 63.6 Å². The fourth-order valence-electron chi connectivity index (χ4n) is 5.60. The number of nitrogens with zero attached hydrogens (tertiary/aromatic N) is 4. The molecular weight excluding hydrogens is 926 g/mol. The van der Waals surface area contributed by atoms with Crippen LogP contribution in [-0.2, 0) is 40.0 Å². The van der Waals surface area contributed by atoms with Gasteiger partial charge in [0.05, 0.1) is 36.8 Å². The molecule has 0 spiro atoms. The molecule has 3 atom stereocenters. The Kier molecular flexibility index (Phi) is 22.6. The van der Waals surface area contributed by atoms with E-state index in [1.807, 2.05) is 0 Å². The van der Waals surface area contributed by atoms with Gasteiger partial charge in [0.25, 0.3) is 11.5 Å². The number of Topliss-reactive ketones (excluding diaryl/α,β-unsaturated/α-hetero) is 2. The number of benzene rings is 1. The van der Waals surface area contributed by atoms with E-state index in [9.17, 15) is 53.4 Å². The molecule has 64 heavy (non-hydrogen) atoms. The van der Waals surface area contributed by atoms with Gasteiger partial charge in [0.15, 0.2) is 16.9 Å². The lowest BCUT2D eigenvalue weighted by Gasteiger charge is -2.20. The third kappa shape index (κ3) is 18.6. The quantitative estimate of drug-likeness (QED) is 0.0270. The molecule has 3 rings (SSSR count). The van der Waals surface area contributed by atoms with Gasteiger partial charge in [0.1, 0.15) is 18.4 Å². The number of nitrogens with two attached hydrogens (primary N) is 1. The number of anilines is 2. The van der Waals surface area contributed by atoms with Crippen molar-refractivity contribution in [2.75, 3.05) is 54.0 Å². The number of aliphatic carboxylic acids is 3. The molecule has 0 aliphatic carbocycles. The summed E-state index contributed by atoms with van der Waals surface area (Å²) in [5.41, 5.74) is 6.12. The Hall–Kier alpha value is -5.72. The van der Waals surface area contributed by atoms with Gasteiger partial charge < -0.3 is 46.6 Å². The number of nitrogen functional groups attached to an aromatic ring is 1. The predicted octanol–water partition coefficient (Wildman–Crippen LogP) is 2.53.